The largest absolute Gasteiger partial charge is 0.416 e. The zero-order valence-corrected chi connectivity index (χ0v) is 10.8. The zero-order valence-electron chi connectivity index (χ0n) is 10.0. The minimum Gasteiger partial charge on any atom is -0.166 e. The summed E-state index contributed by atoms with van der Waals surface area (Å²) < 4.78 is 37.1. The van der Waals surface area contributed by atoms with Crippen molar-refractivity contribution in [3.8, 4) is 0 Å². The Bertz CT molecular complexity index is 379. The molecule has 0 aliphatic heterocycles. The van der Waals surface area contributed by atoms with Crippen LogP contribution in [0, 0.1) is 5.92 Å². The Morgan fingerprint density at radius 1 is 1.17 bits per heavy atom. The van der Waals surface area contributed by atoms with Crippen molar-refractivity contribution in [3.05, 3.63) is 35.4 Å². The molecular weight excluding hydrogens is 261 g/mol. The van der Waals surface area contributed by atoms with Crippen LogP contribution in [0.1, 0.15) is 36.8 Å². The molecule has 1 unspecified atom stereocenters. The number of hydrogen-bond donors (Lipinski definition) is 0. The Balaban J connectivity index is 1.79. The van der Waals surface area contributed by atoms with Crippen LogP contribution in [0.2, 0.25) is 0 Å². The summed E-state index contributed by atoms with van der Waals surface area (Å²) in [6, 6.07) is 5.41. The van der Waals surface area contributed by atoms with E-state index in [-0.39, 0.29) is 5.38 Å². The summed E-state index contributed by atoms with van der Waals surface area (Å²) in [5.41, 5.74) is 0.363. The van der Waals surface area contributed by atoms with Crippen molar-refractivity contribution in [1.82, 2.24) is 0 Å². The Labute approximate surface area is 110 Å². The van der Waals surface area contributed by atoms with Gasteiger partial charge in [0.15, 0.2) is 0 Å². The number of rotatable bonds is 5. The number of halogens is 4. The highest BCUT2D eigenvalue weighted by molar-refractivity contribution is 6.20. The van der Waals surface area contributed by atoms with E-state index in [0.29, 0.717) is 5.92 Å². The standard InChI is InChI=1S/C14H16ClF3/c15-13(11-6-7-11)3-1-2-10-4-8-12(9-5-10)14(16,17)18/h4-5,8-9,11,13H,1-3,6-7H2. The second kappa shape index (κ2) is 5.52. The van der Waals surface area contributed by atoms with Gasteiger partial charge in [0.25, 0.3) is 0 Å². The fourth-order valence-corrected chi connectivity index (χ4v) is 2.46. The molecule has 1 atom stereocenters. The Morgan fingerprint density at radius 2 is 1.78 bits per heavy atom. The van der Waals surface area contributed by atoms with Gasteiger partial charge >= 0.3 is 6.18 Å². The van der Waals surface area contributed by atoms with Crippen LogP contribution in [-0.2, 0) is 12.6 Å². The maximum absolute atomic E-state index is 12.4. The summed E-state index contributed by atoms with van der Waals surface area (Å²) in [5, 5.41) is 0.249. The van der Waals surface area contributed by atoms with Crippen LogP contribution in [-0.4, -0.2) is 5.38 Å². The van der Waals surface area contributed by atoms with Gasteiger partial charge in [0.1, 0.15) is 0 Å². The molecule has 1 aliphatic rings. The van der Waals surface area contributed by atoms with E-state index in [1.807, 2.05) is 0 Å². The lowest BCUT2D eigenvalue weighted by atomic mass is 10.0. The number of aryl methyl sites for hydroxylation is 1. The van der Waals surface area contributed by atoms with Crippen LogP contribution in [0.4, 0.5) is 13.2 Å². The van der Waals surface area contributed by atoms with Crippen molar-refractivity contribution in [3.63, 3.8) is 0 Å². The molecule has 0 bridgehead atoms. The van der Waals surface area contributed by atoms with Crippen molar-refractivity contribution in [1.29, 1.82) is 0 Å². The average molecular weight is 277 g/mol. The van der Waals surface area contributed by atoms with Crippen molar-refractivity contribution in [2.75, 3.05) is 0 Å². The summed E-state index contributed by atoms with van der Waals surface area (Å²) in [4.78, 5) is 0. The molecule has 0 amide bonds. The topological polar surface area (TPSA) is 0 Å². The maximum atomic E-state index is 12.4. The Hall–Kier alpha value is -0.700. The Morgan fingerprint density at radius 3 is 2.28 bits per heavy atom. The lowest BCUT2D eigenvalue weighted by Crippen LogP contribution is -2.05. The van der Waals surface area contributed by atoms with Gasteiger partial charge in [-0.2, -0.15) is 13.2 Å². The molecule has 0 N–H and O–H groups in total. The molecule has 1 aliphatic carbocycles. The molecule has 100 valence electrons. The molecule has 2 rings (SSSR count). The molecule has 1 aromatic carbocycles. The first kappa shape index (κ1) is 13.7. The quantitative estimate of drug-likeness (QED) is 0.661. The van der Waals surface area contributed by atoms with E-state index < -0.39 is 11.7 Å². The molecule has 1 saturated carbocycles. The lowest BCUT2D eigenvalue weighted by Gasteiger charge is -2.09. The van der Waals surface area contributed by atoms with Crippen molar-refractivity contribution < 1.29 is 13.2 Å². The van der Waals surface area contributed by atoms with E-state index in [4.69, 9.17) is 11.6 Å². The first-order valence-electron chi connectivity index (χ1n) is 6.27. The van der Waals surface area contributed by atoms with Crippen LogP contribution < -0.4 is 0 Å². The molecule has 18 heavy (non-hydrogen) atoms. The van der Waals surface area contributed by atoms with Gasteiger partial charge in [0, 0.05) is 5.38 Å². The van der Waals surface area contributed by atoms with Gasteiger partial charge in [-0.05, 0) is 55.7 Å². The zero-order chi connectivity index (χ0) is 13.2. The fourth-order valence-electron chi connectivity index (χ4n) is 2.06. The van der Waals surface area contributed by atoms with Gasteiger partial charge in [0.05, 0.1) is 5.56 Å². The molecule has 0 heterocycles. The van der Waals surface area contributed by atoms with Crippen molar-refractivity contribution in [2.24, 2.45) is 5.92 Å². The lowest BCUT2D eigenvalue weighted by molar-refractivity contribution is -0.137. The average Bonchev–Trinajstić information content (AvgIpc) is 3.12. The van der Waals surface area contributed by atoms with Crippen molar-refractivity contribution >= 4 is 11.6 Å². The van der Waals surface area contributed by atoms with E-state index in [9.17, 15) is 13.2 Å². The summed E-state index contributed by atoms with van der Waals surface area (Å²) in [6.45, 7) is 0. The summed E-state index contributed by atoms with van der Waals surface area (Å²) in [7, 11) is 0. The fraction of sp³-hybridized carbons (Fsp3) is 0.571. The van der Waals surface area contributed by atoms with Gasteiger partial charge in [-0.25, -0.2) is 0 Å². The van der Waals surface area contributed by atoms with Crippen LogP contribution in [0.5, 0.6) is 0 Å². The van der Waals surface area contributed by atoms with E-state index in [0.717, 1.165) is 37.0 Å². The molecule has 0 aromatic heterocycles. The number of benzene rings is 1. The molecule has 0 radical (unpaired) electrons. The van der Waals surface area contributed by atoms with E-state index in [1.54, 1.807) is 12.1 Å². The summed E-state index contributed by atoms with van der Waals surface area (Å²) in [5.74, 6) is 0.680. The van der Waals surface area contributed by atoms with Crippen LogP contribution in [0.15, 0.2) is 24.3 Å². The monoisotopic (exact) mass is 276 g/mol. The maximum Gasteiger partial charge on any atom is 0.416 e. The van der Waals surface area contributed by atoms with E-state index >= 15 is 0 Å². The summed E-state index contributed by atoms with van der Waals surface area (Å²) in [6.07, 6.45) is 0.909. The van der Waals surface area contributed by atoms with Crippen LogP contribution >= 0.6 is 11.6 Å². The van der Waals surface area contributed by atoms with Gasteiger partial charge in [-0.1, -0.05) is 12.1 Å². The molecule has 1 fully saturated rings. The normalized spacial score (nSPS) is 17.8. The second-order valence-corrected chi connectivity index (χ2v) is 5.50. The minimum atomic E-state index is -4.24. The highest BCUT2D eigenvalue weighted by atomic mass is 35.5. The second-order valence-electron chi connectivity index (χ2n) is 4.94. The predicted octanol–water partition coefficient (Wildman–Crippen LogP) is 5.05. The van der Waals surface area contributed by atoms with Gasteiger partial charge < -0.3 is 0 Å². The van der Waals surface area contributed by atoms with Gasteiger partial charge in [-0.3, -0.25) is 0 Å². The smallest absolute Gasteiger partial charge is 0.166 e. The third kappa shape index (κ3) is 3.91. The van der Waals surface area contributed by atoms with Crippen LogP contribution in [0.3, 0.4) is 0 Å². The van der Waals surface area contributed by atoms with E-state index in [2.05, 4.69) is 0 Å². The third-order valence-electron chi connectivity index (χ3n) is 3.36. The predicted molar refractivity (Wildman–Crippen MR) is 66.7 cm³/mol. The van der Waals surface area contributed by atoms with Crippen LogP contribution in [0.25, 0.3) is 0 Å². The number of hydrogen-bond acceptors (Lipinski definition) is 0. The number of alkyl halides is 4. The molecular formula is C14H16ClF3. The summed E-state index contributed by atoms with van der Waals surface area (Å²) >= 11 is 6.18. The third-order valence-corrected chi connectivity index (χ3v) is 3.93. The highest BCUT2D eigenvalue weighted by Crippen LogP contribution is 2.37. The molecule has 1 aromatic rings. The molecule has 0 saturated heterocycles. The van der Waals surface area contributed by atoms with Gasteiger partial charge in [0.2, 0.25) is 0 Å². The molecule has 0 spiro atoms. The SMILES string of the molecule is FC(F)(F)c1ccc(CCCC(Cl)C2CC2)cc1. The van der Waals surface area contributed by atoms with E-state index in [1.165, 1.54) is 12.8 Å². The Kier molecular flexibility index (Phi) is 4.21. The first-order valence-corrected chi connectivity index (χ1v) is 6.70. The molecule has 4 heteroatoms. The molecule has 0 nitrogen and oxygen atoms in total. The highest BCUT2D eigenvalue weighted by Gasteiger charge is 2.30. The minimum absolute atomic E-state index is 0.249. The van der Waals surface area contributed by atoms with Crippen molar-refractivity contribution in [2.45, 2.75) is 43.7 Å². The van der Waals surface area contributed by atoms with Gasteiger partial charge in [-0.15, -0.1) is 11.6 Å². The first-order chi connectivity index (χ1) is 8.47.